The van der Waals surface area contributed by atoms with E-state index < -0.39 is 17.6 Å². The highest BCUT2D eigenvalue weighted by Crippen LogP contribution is 2.17. The van der Waals surface area contributed by atoms with E-state index in [9.17, 15) is 14.7 Å². The summed E-state index contributed by atoms with van der Waals surface area (Å²) in [5, 5.41) is 23.1. The Labute approximate surface area is 124 Å². The van der Waals surface area contributed by atoms with Crippen LogP contribution in [0, 0.1) is 0 Å². The Bertz CT molecular complexity index is 474. The van der Waals surface area contributed by atoms with Gasteiger partial charge in [-0.2, -0.15) is 0 Å². The molecule has 0 aliphatic carbocycles. The molecule has 21 heavy (non-hydrogen) atoms. The average molecular weight is 294 g/mol. The summed E-state index contributed by atoms with van der Waals surface area (Å²) in [6, 6.07) is 9.48. The van der Waals surface area contributed by atoms with Gasteiger partial charge in [0.15, 0.2) is 5.60 Å². The molecule has 2 unspecified atom stereocenters. The van der Waals surface area contributed by atoms with Gasteiger partial charge in [0, 0.05) is 6.54 Å². The minimum atomic E-state index is -1.96. The lowest BCUT2D eigenvalue weighted by Gasteiger charge is -2.19. The highest BCUT2D eigenvalue weighted by molar-refractivity contribution is 5.79. The minimum absolute atomic E-state index is 0.314. The van der Waals surface area contributed by atoms with Crippen LogP contribution < -0.4 is 10.6 Å². The molecule has 0 fully saturated rings. The largest absolute Gasteiger partial charge is 0.479 e. The van der Waals surface area contributed by atoms with Crippen LogP contribution in [0.25, 0.3) is 0 Å². The molecule has 0 heterocycles. The van der Waals surface area contributed by atoms with Crippen molar-refractivity contribution in [2.75, 3.05) is 13.1 Å². The predicted molar refractivity (Wildman–Crippen MR) is 79.1 cm³/mol. The summed E-state index contributed by atoms with van der Waals surface area (Å²) in [5.41, 5.74) is -0.761. The standard InChI is InChI=1S/C15H22N2O4/c1-11(12-6-4-3-5-7-12)8-9-16-14(20)17-10-15(2,21)13(18)19/h3-7,11,21H,8-10H2,1-2H3,(H,18,19)(H2,16,17,20). The zero-order valence-electron chi connectivity index (χ0n) is 12.3. The molecular formula is C15H22N2O4. The number of carbonyl (C=O) groups is 2. The van der Waals surface area contributed by atoms with Gasteiger partial charge in [0.05, 0.1) is 6.54 Å². The van der Waals surface area contributed by atoms with Gasteiger partial charge < -0.3 is 20.8 Å². The smallest absolute Gasteiger partial charge is 0.337 e. The Morgan fingerprint density at radius 3 is 2.43 bits per heavy atom. The minimum Gasteiger partial charge on any atom is -0.479 e. The number of hydrogen-bond donors (Lipinski definition) is 4. The zero-order chi connectivity index (χ0) is 15.9. The molecular weight excluding hydrogens is 272 g/mol. The number of urea groups is 1. The molecule has 2 atom stereocenters. The maximum Gasteiger partial charge on any atom is 0.337 e. The van der Waals surface area contributed by atoms with Crippen LogP contribution in [-0.2, 0) is 4.79 Å². The third-order valence-corrected chi connectivity index (χ3v) is 3.29. The lowest BCUT2D eigenvalue weighted by Crippen LogP contribution is -2.49. The molecule has 0 aromatic heterocycles. The van der Waals surface area contributed by atoms with E-state index in [1.54, 1.807) is 0 Å². The van der Waals surface area contributed by atoms with Crippen molar-refractivity contribution in [2.45, 2.75) is 31.8 Å². The SMILES string of the molecule is CC(CCNC(=O)NCC(C)(O)C(=O)O)c1ccccc1. The van der Waals surface area contributed by atoms with Crippen LogP contribution in [0.5, 0.6) is 0 Å². The first-order chi connectivity index (χ1) is 9.83. The number of aliphatic carboxylic acids is 1. The zero-order valence-corrected chi connectivity index (χ0v) is 12.3. The average Bonchev–Trinajstić information content (AvgIpc) is 2.46. The summed E-state index contributed by atoms with van der Waals surface area (Å²) >= 11 is 0. The molecule has 0 saturated heterocycles. The Morgan fingerprint density at radius 2 is 1.86 bits per heavy atom. The number of nitrogens with one attached hydrogen (secondary N) is 2. The molecule has 0 aliphatic heterocycles. The molecule has 0 radical (unpaired) electrons. The molecule has 6 nitrogen and oxygen atoms in total. The van der Waals surface area contributed by atoms with Crippen molar-refractivity contribution in [1.29, 1.82) is 0 Å². The second-order valence-corrected chi connectivity index (χ2v) is 5.29. The summed E-state index contributed by atoms with van der Waals surface area (Å²) in [6.07, 6.45) is 0.771. The van der Waals surface area contributed by atoms with E-state index in [0.717, 1.165) is 13.3 Å². The van der Waals surface area contributed by atoms with E-state index in [2.05, 4.69) is 17.6 Å². The molecule has 116 valence electrons. The molecule has 0 saturated carbocycles. The summed E-state index contributed by atoms with van der Waals surface area (Å²) in [6.45, 7) is 3.33. The lowest BCUT2D eigenvalue weighted by molar-refractivity contribution is -0.155. The van der Waals surface area contributed by atoms with Crippen molar-refractivity contribution in [1.82, 2.24) is 10.6 Å². The van der Waals surface area contributed by atoms with Crippen LogP contribution in [0.2, 0.25) is 0 Å². The summed E-state index contributed by atoms with van der Waals surface area (Å²) in [4.78, 5) is 22.2. The van der Waals surface area contributed by atoms with Gasteiger partial charge >= 0.3 is 12.0 Å². The summed E-state index contributed by atoms with van der Waals surface area (Å²) in [7, 11) is 0. The van der Waals surface area contributed by atoms with Gasteiger partial charge in [-0.1, -0.05) is 37.3 Å². The maximum atomic E-state index is 11.5. The molecule has 1 rings (SSSR count). The first-order valence-electron chi connectivity index (χ1n) is 6.85. The van der Waals surface area contributed by atoms with Crippen LogP contribution in [0.15, 0.2) is 30.3 Å². The van der Waals surface area contributed by atoms with Gasteiger partial charge in [0.1, 0.15) is 0 Å². The van der Waals surface area contributed by atoms with Gasteiger partial charge in [-0.3, -0.25) is 0 Å². The van der Waals surface area contributed by atoms with E-state index in [-0.39, 0.29) is 6.54 Å². The third kappa shape index (κ3) is 5.83. The number of amides is 2. The lowest BCUT2D eigenvalue weighted by atomic mass is 9.98. The van der Waals surface area contributed by atoms with Crippen LogP contribution in [0.1, 0.15) is 31.7 Å². The molecule has 1 aromatic rings. The van der Waals surface area contributed by atoms with Crippen LogP contribution in [0.4, 0.5) is 4.79 Å². The van der Waals surface area contributed by atoms with E-state index in [4.69, 9.17) is 5.11 Å². The van der Waals surface area contributed by atoms with Crippen LogP contribution >= 0.6 is 0 Å². The van der Waals surface area contributed by atoms with E-state index >= 15 is 0 Å². The Balaban J connectivity index is 2.27. The second-order valence-electron chi connectivity index (χ2n) is 5.29. The van der Waals surface area contributed by atoms with Gasteiger partial charge in [0.2, 0.25) is 0 Å². The first-order valence-corrected chi connectivity index (χ1v) is 6.85. The van der Waals surface area contributed by atoms with Crippen LogP contribution in [0.3, 0.4) is 0 Å². The van der Waals surface area contributed by atoms with Crippen molar-refractivity contribution in [3.05, 3.63) is 35.9 Å². The highest BCUT2D eigenvalue weighted by atomic mass is 16.4. The second kappa shape index (κ2) is 7.64. The van der Waals surface area contributed by atoms with Crippen molar-refractivity contribution >= 4 is 12.0 Å². The van der Waals surface area contributed by atoms with E-state index in [1.807, 2.05) is 30.3 Å². The third-order valence-electron chi connectivity index (χ3n) is 3.29. The molecule has 6 heteroatoms. The first kappa shape index (κ1) is 17.0. The van der Waals surface area contributed by atoms with Crippen molar-refractivity contribution in [2.24, 2.45) is 0 Å². The number of carbonyl (C=O) groups excluding carboxylic acids is 1. The van der Waals surface area contributed by atoms with Crippen molar-refractivity contribution in [3.8, 4) is 0 Å². The number of carboxylic acids is 1. The fourth-order valence-corrected chi connectivity index (χ4v) is 1.74. The Kier molecular flexibility index (Phi) is 6.17. The highest BCUT2D eigenvalue weighted by Gasteiger charge is 2.30. The molecule has 1 aromatic carbocycles. The van der Waals surface area contributed by atoms with Gasteiger partial charge in [-0.05, 0) is 24.8 Å². The van der Waals surface area contributed by atoms with E-state index in [1.165, 1.54) is 5.56 Å². The van der Waals surface area contributed by atoms with Crippen LogP contribution in [-0.4, -0.2) is 40.9 Å². The summed E-state index contributed by atoms with van der Waals surface area (Å²) in [5.74, 6) is -1.06. The Morgan fingerprint density at radius 1 is 1.24 bits per heavy atom. The fourth-order valence-electron chi connectivity index (χ4n) is 1.74. The van der Waals surface area contributed by atoms with Gasteiger partial charge in [-0.25, -0.2) is 9.59 Å². The number of rotatable bonds is 7. The van der Waals surface area contributed by atoms with E-state index in [0.29, 0.717) is 12.5 Å². The fraction of sp³-hybridized carbons (Fsp3) is 0.467. The van der Waals surface area contributed by atoms with Gasteiger partial charge in [-0.15, -0.1) is 0 Å². The summed E-state index contributed by atoms with van der Waals surface area (Å²) < 4.78 is 0. The molecule has 0 aliphatic rings. The number of hydrogen-bond acceptors (Lipinski definition) is 3. The number of aliphatic hydroxyl groups is 1. The van der Waals surface area contributed by atoms with Gasteiger partial charge in [0.25, 0.3) is 0 Å². The number of carboxylic acid groups (broad SMARTS) is 1. The normalized spacial score (nSPS) is 14.8. The van der Waals surface area contributed by atoms with Crippen molar-refractivity contribution < 1.29 is 19.8 Å². The monoisotopic (exact) mass is 294 g/mol. The Hall–Kier alpha value is -2.08. The molecule has 2 amide bonds. The predicted octanol–water partition coefficient (Wildman–Crippen LogP) is 1.31. The van der Waals surface area contributed by atoms with Crippen molar-refractivity contribution in [3.63, 3.8) is 0 Å². The molecule has 4 N–H and O–H groups in total. The maximum absolute atomic E-state index is 11.5. The topological polar surface area (TPSA) is 98.7 Å². The number of benzene rings is 1. The molecule has 0 bridgehead atoms. The quantitative estimate of drug-likeness (QED) is 0.609. The molecule has 0 spiro atoms.